The maximum atomic E-state index is 13.5. The van der Waals surface area contributed by atoms with Crippen molar-refractivity contribution in [1.29, 1.82) is 0 Å². The van der Waals surface area contributed by atoms with Crippen molar-refractivity contribution >= 4 is 29.4 Å². The number of hydrogen-bond acceptors (Lipinski definition) is 7. The molecule has 0 aromatic rings. The van der Waals surface area contributed by atoms with Crippen LogP contribution in [0.5, 0.6) is 0 Å². The molecule has 0 aromatic carbocycles. The van der Waals surface area contributed by atoms with E-state index in [4.69, 9.17) is 4.74 Å². The van der Waals surface area contributed by atoms with Crippen LogP contribution in [0.3, 0.4) is 0 Å². The molecule has 1 unspecified atom stereocenters. The van der Waals surface area contributed by atoms with Crippen LogP contribution in [0, 0.1) is 17.8 Å². The largest absolute Gasteiger partial charge is 0.522 e. The Hall–Kier alpha value is -2.74. The number of ketones is 1. The van der Waals surface area contributed by atoms with Crippen LogP contribution in [0.15, 0.2) is 0 Å². The zero-order valence-electron chi connectivity index (χ0n) is 20.3. The number of hydrogen-bond donors (Lipinski definition) is 2. The molecule has 11 nitrogen and oxygen atoms in total. The van der Waals surface area contributed by atoms with E-state index in [-0.39, 0.29) is 43.8 Å². The van der Waals surface area contributed by atoms with Gasteiger partial charge in [-0.3, -0.25) is 28.7 Å². The van der Waals surface area contributed by atoms with Gasteiger partial charge in [-0.1, -0.05) is 6.42 Å². The van der Waals surface area contributed by atoms with Gasteiger partial charge in [-0.25, -0.2) is 0 Å². The summed E-state index contributed by atoms with van der Waals surface area (Å²) in [5.74, 6) is -4.57. The van der Waals surface area contributed by atoms with Crippen molar-refractivity contribution in [3.63, 3.8) is 0 Å². The lowest BCUT2D eigenvalue weighted by atomic mass is 9.92. The molecule has 0 radical (unpaired) electrons. The van der Waals surface area contributed by atoms with E-state index < -0.39 is 54.5 Å². The van der Waals surface area contributed by atoms with Crippen molar-refractivity contribution in [3.05, 3.63) is 0 Å². The van der Waals surface area contributed by atoms with Gasteiger partial charge in [0.25, 0.3) is 0 Å². The smallest absolute Gasteiger partial charge is 0.378 e. The zero-order chi connectivity index (χ0) is 26.7. The molecular formula is C23H31F3N4O7. The first-order chi connectivity index (χ1) is 17.5. The molecule has 1 saturated carbocycles. The fourth-order valence-electron chi connectivity index (χ4n) is 5.81. The van der Waals surface area contributed by atoms with Crippen LogP contribution in [0.2, 0.25) is 0 Å². The number of alkyl halides is 3. The quantitative estimate of drug-likeness (QED) is 0.426. The Labute approximate surface area is 211 Å². The first-order valence-electron chi connectivity index (χ1n) is 12.5. The normalized spacial score (nSPS) is 28.6. The summed E-state index contributed by atoms with van der Waals surface area (Å²) in [7, 11) is 0. The Balaban J connectivity index is 1.50. The third kappa shape index (κ3) is 6.40. The highest BCUT2D eigenvalue weighted by molar-refractivity contribution is 6.35. The molecular weight excluding hydrogens is 501 g/mol. The molecule has 3 aliphatic heterocycles. The monoisotopic (exact) mass is 532 g/mol. The minimum atomic E-state index is -5.04. The van der Waals surface area contributed by atoms with Crippen LogP contribution in [0.25, 0.3) is 0 Å². The number of halogens is 3. The van der Waals surface area contributed by atoms with E-state index in [2.05, 4.69) is 15.4 Å². The minimum absolute atomic E-state index is 0.000475. The van der Waals surface area contributed by atoms with Gasteiger partial charge in [-0.2, -0.15) is 0 Å². The predicted molar refractivity (Wildman–Crippen MR) is 118 cm³/mol. The highest BCUT2D eigenvalue weighted by Crippen LogP contribution is 2.42. The molecule has 4 rings (SSSR count). The van der Waals surface area contributed by atoms with Crippen LogP contribution in [-0.4, -0.2) is 104 Å². The number of Topliss-reactive ketones (excluding diaryl/α,β-unsaturated/α-hetero) is 1. The molecule has 2 N–H and O–H groups in total. The van der Waals surface area contributed by atoms with Gasteiger partial charge in [-0.05, 0) is 37.5 Å². The topological polar surface area (TPSA) is 134 Å². The van der Waals surface area contributed by atoms with E-state index in [1.165, 1.54) is 9.80 Å². The summed E-state index contributed by atoms with van der Waals surface area (Å²) in [5, 5.41) is 5.10. The van der Waals surface area contributed by atoms with Crippen LogP contribution < -0.4 is 10.6 Å². The van der Waals surface area contributed by atoms with Gasteiger partial charge in [0.15, 0.2) is 5.78 Å². The fourth-order valence-corrected chi connectivity index (χ4v) is 5.81. The van der Waals surface area contributed by atoms with Gasteiger partial charge in [0, 0.05) is 32.1 Å². The second kappa shape index (κ2) is 11.3. The number of morpholine rings is 1. The number of carbonyl (C=O) groups excluding carboxylic acids is 5. The summed E-state index contributed by atoms with van der Waals surface area (Å²) in [6.07, 6.45) is -2.62. The molecule has 1 aliphatic carbocycles. The number of fused-ring (bicyclic) bond motifs is 1. The Morgan fingerprint density at radius 1 is 1.11 bits per heavy atom. The van der Waals surface area contributed by atoms with E-state index in [9.17, 15) is 37.1 Å². The molecule has 4 amide bonds. The van der Waals surface area contributed by atoms with E-state index >= 15 is 0 Å². The average molecular weight is 533 g/mol. The number of amides is 4. The van der Waals surface area contributed by atoms with Crippen molar-refractivity contribution in [2.75, 3.05) is 46.0 Å². The van der Waals surface area contributed by atoms with Gasteiger partial charge < -0.3 is 25.2 Å². The van der Waals surface area contributed by atoms with Crippen molar-refractivity contribution in [2.24, 2.45) is 17.8 Å². The third-order valence-electron chi connectivity index (χ3n) is 7.67. The van der Waals surface area contributed by atoms with Crippen LogP contribution in [0.1, 0.15) is 32.1 Å². The van der Waals surface area contributed by atoms with Gasteiger partial charge in [0.1, 0.15) is 12.6 Å². The second-order valence-corrected chi connectivity index (χ2v) is 9.94. The summed E-state index contributed by atoms with van der Waals surface area (Å²) in [6, 6.07) is -2.46. The molecule has 5 atom stereocenters. The van der Waals surface area contributed by atoms with Crippen LogP contribution >= 0.6 is 0 Å². The molecule has 4 fully saturated rings. The molecule has 0 bridgehead atoms. The first kappa shape index (κ1) is 27.3. The molecule has 37 heavy (non-hydrogen) atoms. The molecule has 3 heterocycles. The minimum Gasteiger partial charge on any atom is -0.378 e. The lowest BCUT2D eigenvalue weighted by molar-refractivity contribution is -0.321. The Bertz CT molecular complexity index is 925. The number of carbonyl (C=O) groups is 5. The zero-order valence-corrected chi connectivity index (χ0v) is 20.3. The third-order valence-corrected chi connectivity index (χ3v) is 7.67. The lowest BCUT2D eigenvalue weighted by Crippen LogP contribution is -2.56. The Kier molecular flexibility index (Phi) is 8.36. The molecule has 4 aliphatic rings. The number of nitrogens with zero attached hydrogens (tertiary/aromatic N) is 2. The molecule has 14 heteroatoms. The Morgan fingerprint density at radius 2 is 1.84 bits per heavy atom. The predicted octanol–water partition coefficient (Wildman–Crippen LogP) is -0.411. The number of likely N-dealkylation sites (tertiary alicyclic amines) is 1. The van der Waals surface area contributed by atoms with Gasteiger partial charge >= 0.3 is 18.2 Å². The summed E-state index contributed by atoms with van der Waals surface area (Å²) >= 11 is 0. The summed E-state index contributed by atoms with van der Waals surface area (Å²) in [6.45, 7) is 0.341. The molecule has 3 saturated heterocycles. The van der Waals surface area contributed by atoms with E-state index in [1.807, 2.05) is 0 Å². The maximum absolute atomic E-state index is 13.5. The van der Waals surface area contributed by atoms with Crippen molar-refractivity contribution in [2.45, 2.75) is 50.6 Å². The molecule has 0 spiro atoms. The summed E-state index contributed by atoms with van der Waals surface area (Å²) < 4.78 is 46.6. The SMILES string of the molecule is O=C(COC(F)(F)F)C(C[C@@H]1CCNC1=O)NC(=O)[C@@H]1[C@H]2CCC[C@H]2CN1C(=O)C(=O)N1CCOCC1. The van der Waals surface area contributed by atoms with Gasteiger partial charge in [-0.15, -0.1) is 13.2 Å². The molecule has 0 aromatic heterocycles. The van der Waals surface area contributed by atoms with Gasteiger partial charge in [0.05, 0.1) is 19.3 Å². The van der Waals surface area contributed by atoms with Crippen molar-refractivity contribution in [3.8, 4) is 0 Å². The van der Waals surface area contributed by atoms with Crippen LogP contribution in [0.4, 0.5) is 13.2 Å². The summed E-state index contributed by atoms with van der Waals surface area (Å²) in [4.78, 5) is 66.9. The molecule has 206 valence electrons. The Morgan fingerprint density at radius 3 is 2.49 bits per heavy atom. The highest BCUT2D eigenvalue weighted by atomic mass is 19.4. The van der Waals surface area contributed by atoms with Crippen molar-refractivity contribution in [1.82, 2.24) is 20.4 Å². The second-order valence-electron chi connectivity index (χ2n) is 9.94. The van der Waals surface area contributed by atoms with E-state index in [0.29, 0.717) is 32.6 Å². The summed E-state index contributed by atoms with van der Waals surface area (Å²) in [5.41, 5.74) is 0. The fraction of sp³-hybridized carbons (Fsp3) is 0.783. The highest BCUT2D eigenvalue weighted by Gasteiger charge is 2.51. The average Bonchev–Trinajstić information content (AvgIpc) is 3.57. The van der Waals surface area contributed by atoms with Crippen molar-refractivity contribution < 1.29 is 46.6 Å². The standard InChI is InChI=1S/C23H31F3N4O7/c24-23(25,26)37-12-17(31)16(10-13-4-5-27-19(13)32)28-20(33)18-15-3-1-2-14(15)11-30(18)22(35)21(34)29-6-8-36-9-7-29/h13-16,18H,1-12H2,(H,27,32)(H,28,33)/t13-,14-,15-,16?,18-/m0/s1. The number of rotatable bonds is 7. The number of nitrogens with one attached hydrogen (secondary N) is 2. The first-order valence-corrected chi connectivity index (χ1v) is 12.5. The number of ether oxygens (including phenoxy) is 2. The van der Waals surface area contributed by atoms with Crippen LogP contribution in [-0.2, 0) is 33.4 Å². The van der Waals surface area contributed by atoms with Gasteiger partial charge in [0.2, 0.25) is 11.8 Å². The lowest BCUT2D eigenvalue weighted by Gasteiger charge is -2.32. The van der Waals surface area contributed by atoms with E-state index in [0.717, 1.165) is 12.8 Å². The van der Waals surface area contributed by atoms with E-state index in [1.54, 1.807) is 0 Å². The maximum Gasteiger partial charge on any atom is 0.522 e.